The number of nitrogens with one attached hydrogen (secondary N) is 2. The molecule has 0 saturated carbocycles. The number of amides is 2. The molecule has 0 unspecified atom stereocenters. The van der Waals surface area contributed by atoms with Gasteiger partial charge in [-0.15, -0.1) is 0 Å². The first-order valence-electron chi connectivity index (χ1n) is 6.77. The zero-order valence-electron chi connectivity index (χ0n) is 12.4. The molecule has 2 aromatic carbocycles. The molecule has 0 aliphatic rings. The van der Waals surface area contributed by atoms with Crippen molar-refractivity contribution in [2.45, 2.75) is 0 Å². The minimum Gasteiger partial charge on any atom is -0.497 e. The van der Waals surface area contributed by atoms with Gasteiger partial charge in [0.15, 0.2) is 0 Å². The molecule has 2 amide bonds. The standard InChI is InChI=1S/C17H15ClN2O3/c1-23-14-9-6-13(7-10-14)17(22)20-19-16(21)11-8-12-4-2-3-5-15(12)18/h2-11H,1H3,(H,19,21)(H,20,22)/b11-8+. The van der Waals surface area contributed by atoms with Crippen molar-refractivity contribution in [1.29, 1.82) is 0 Å². The molecule has 0 aromatic heterocycles. The number of hydrazine groups is 1. The van der Waals surface area contributed by atoms with Crippen molar-refractivity contribution >= 4 is 29.5 Å². The Morgan fingerprint density at radius 3 is 2.39 bits per heavy atom. The van der Waals surface area contributed by atoms with E-state index >= 15 is 0 Å². The molecule has 23 heavy (non-hydrogen) atoms. The number of rotatable bonds is 4. The van der Waals surface area contributed by atoms with E-state index in [4.69, 9.17) is 16.3 Å². The van der Waals surface area contributed by atoms with Crippen LogP contribution in [-0.2, 0) is 4.79 Å². The fraction of sp³-hybridized carbons (Fsp3) is 0.0588. The van der Waals surface area contributed by atoms with Gasteiger partial charge in [-0.3, -0.25) is 20.4 Å². The summed E-state index contributed by atoms with van der Waals surface area (Å²) in [4.78, 5) is 23.6. The molecule has 0 radical (unpaired) electrons. The summed E-state index contributed by atoms with van der Waals surface area (Å²) in [6, 6.07) is 13.6. The van der Waals surface area contributed by atoms with Crippen LogP contribution in [0.3, 0.4) is 0 Å². The quantitative estimate of drug-likeness (QED) is 0.669. The van der Waals surface area contributed by atoms with Gasteiger partial charge in [-0.05, 0) is 42.0 Å². The first-order chi connectivity index (χ1) is 11.1. The third-order valence-corrected chi connectivity index (χ3v) is 3.32. The second kappa shape index (κ2) is 8.00. The highest BCUT2D eigenvalue weighted by Crippen LogP contribution is 2.16. The van der Waals surface area contributed by atoms with Gasteiger partial charge in [0.25, 0.3) is 11.8 Å². The molecule has 2 N–H and O–H groups in total. The second-order valence-electron chi connectivity index (χ2n) is 4.53. The van der Waals surface area contributed by atoms with Crippen LogP contribution in [0.5, 0.6) is 5.75 Å². The van der Waals surface area contributed by atoms with Crippen molar-refractivity contribution in [2.24, 2.45) is 0 Å². The molecule has 2 rings (SSSR count). The van der Waals surface area contributed by atoms with Crippen LogP contribution in [0.4, 0.5) is 0 Å². The van der Waals surface area contributed by atoms with E-state index in [1.165, 1.54) is 6.08 Å². The number of halogens is 1. The van der Waals surface area contributed by atoms with E-state index < -0.39 is 11.8 Å². The minimum absolute atomic E-state index is 0.404. The molecule has 0 saturated heterocycles. The molecule has 0 heterocycles. The van der Waals surface area contributed by atoms with Gasteiger partial charge in [-0.25, -0.2) is 0 Å². The number of hydrogen-bond acceptors (Lipinski definition) is 3. The fourth-order valence-electron chi connectivity index (χ4n) is 1.75. The van der Waals surface area contributed by atoms with E-state index in [1.54, 1.807) is 55.7 Å². The lowest BCUT2D eigenvalue weighted by atomic mass is 10.2. The maximum absolute atomic E-state index is 11.9. The smallest absolute Gasteiger partial charge is 0.269 e. The molecule has 6 heteroatoms. The average Bonchev–Trinajstić information content (AvgIpc) is 2.59. The SMILES string of the molecule is COc1ccc(C(=O)NNC(=O)/C=C/c2ccccc2Cl)cc1. The van der Waals surface area contributed by atoms with Crippen LogP contribution >= 0.6 is 11.6 Å². The Hall–Kier alpha value is -2.79. The van der Waals surface area contributed by atoms with Crippen LogP contribution < -0.4 is 15.6 Å². The van der Waals surface area contributed by atoms with Crippen LogP contribution in [0.1, 0.15) is 15.9 Å². The molecule has 0 bridgehead atoms. The van der Waals surface area contributed by atoms with Crippen molar-refractivity contribution in [3.05, 3.63) is 70.8 Å². The van der Waals surface area contributed by atoms with Gasteiger partial charge in [0, 0.05) is 16.7 Å². The number of methoxy groups -OCH3 is 1. The Morgan fingerprint density at radius 1 is 1.04 bits per heavy atom. The summed E-state index contributed by atoms with van der Waals surface area (Å²) in [5, 5.41) is 0.541. The zero-order chi connectivity index (χ0) is 16.7. The molecular weight excluding hydrogens is 316 g/mol. The van der Waals surface area contributed by atoms with Crippen LogP contribution in [0.2, 0.25) is 5.02 Å². The largest absolute Gasteiger partial charge is 0.497 e. The predicted molar refractivity (Wildman–Crippen MR) is 89.1 cm³/mol. The van der Waals surface area contributed by atoms with Gasteiger partial charge in [0.05, 0.1) is 7.11 Å². The summed E-state index contributed by atoms with van der Waals surface area (Å²) in [5.41, 5.74) is 5.74. The van der Waals surface area contributed by atoms with Crippen LogP contribution in [-0.4, -0.2) is 18.9 Å². The van der Waals surface area contributed by atoms with E-state index in [9.17, 15) is 9.59 Å². The molecule has 0 atom stereocenters. The summed E-state index contributed by atoms with van der Waals surface area (Å²) in [5.74, 6) is -0.243. The van der Waals surface area contributed by atoms with Crippen LogP contribution in [0, 0.1) is 0 Å². The van der Waals surface area contributed by atoms with Gasteiger partial charge < -0.3 is 4.74 Å². The molecule has 0 spiro atoms. The Labute approximate surface area is 138 Å². The molecular formula is C17H15ClN2O3. The average molecular weight is 331 g/mol. The van der Waals surface area contributed by atoms with E-state index in [0.29, 0.717) is 21.9 Å². The summed E-state index contributed by atoms with van der Waals surface area (Å²) in [7, 11) is 1.54. The number of benzene rings is 2. The van der Waals surface area contributed by atoms with Gasteiger partial charge in [0.1, 0.15) is 5.75 Å². The summed E-state index contributed by atoms with van der Waals surface area (Å²) in [6.07, 6.45) is 2.85. The summed E-state index contributed by atoms with van der Waals surface area (Å²) >= 11 is 5.98. The second-order valence-corrected chi connectivity index (χ2v) is 4.93. The van der Waals surface area contributed by atoms with Gasteiger partial charge in [-0.2, -0.15) is 0 Å². The Morgan fingerprint density at radius 2 is 1.74 bits per heavy atom. The highest BCUT2D eigenvalue weighted by atomic mass is 35.5. The Balaban J connectivity index is 1.88. The number of carbonyl (C=O) groups is 2. The van der Waals surface area contributed by atoms with Gasteiger partial charge in [0.2, 0.25) is 0 Å². The normalized spacial score (nSPS) is 10.3. The maximum Gasteiger partial charge on any atom is 0.269 e. The molecule has 0 aliphatic heterocycles. The van der Waals surface area contributed by atoms with Gasteiger partial charge >= 0.3 is 0 Å². The van der Waals surface area contributed by atoms with Crippen molar-refractivity contribution in [3.8, 4) is 5.75 Å². The maximum atomic E-state index is 11.9. The van der Waals surface area contributed by atoms with Gasteiger partial charge in [-0.1, -0.05) is 29.8 Å². The van der Waals surface area contributed by atoms with Crippen molar-refractivity contribution in [3.63, 3.8) is 0 Å². The minimum atomic E-state index is -0.466. The lowest BCUT2D eigenvalue weighted by Crippen LogP contribution is -2.40. The highest BCUT2D eigenvalue weighted by molar-refractivity contribution is 6.32. The van der Waals surface area contributed by atoms with E-state index in [-0.39, 0.29) is 0 Å². The zero-order valence-corrected chi connectivity index (χ0v) is 13.1. The molecule has 0 aliphatic carbocycles. The highest BCUT2D eigenvalue weighted by Gasteiger charge is 2.06. The topological polar surface area (TPSA) is 67.4 Å². The molecule has 5 nitrogen and oxygen atoms in total. The lowest BCUT2D eigenvalue weighted by molar-refractivity contribution is -0.117. The van der Waals surface area contributed by atoms with Crippen molar-refractivity contribution < 1.29 is 14.3 Å². The predicted octanol–water partition coefficient (Wildman–Crippen LogP) is 2.82. The number of carbonyl (C=O) groups excluding carboxylic acids is 2. The van der Waals surface area contributed by atoms with E-state index in [1.807, 2.05) is 6.07 Å². The van der Waals surface area contributed by atoms with Crippen molar-refractivity contribution in [2.75, 3.05) is 7.11 Å². The molecule has 118 valence electrons. The molecule has 0 fully saturated rings. The third-order valence-electron chi connectivity index (χ3n) is 2.97. The third kappa shape index (κ3) is 4.86. The monoisotopic (exact) mass is 330 g/mol. The number of hydrogen-bond donors (Lipinski definition) is 2. The molecule has 2 aromatic rings. The van der Waals surface area contributed by atoms with Crippen LogP contribution in [0.25, 0.3) is 6.08 Å². The Kier molecular flexibility index (Phi) is 5.77. The van der Waals surface area contributed by atoms with E-state index in [0.717, 1.165) is 0 Å². The lowest BCUT2D eigenvalue weighted by Gasteiger charge is -2.06. The van der Waals surface area contributed by atoms with Crippen LogP contribution in [0.15, 0.2) is 54.6 Å². The van der Waals surface area contributed by atoms with E-state index in [2.05, 4.69) is 10.9 Å². The summed E-state index contributed by atoms with van der Waals surface area (Å²) < 4.78 is 5.01. The Bertz CT molecular complexity index is 727. The van der Waals surface area contributed by atoms with Crippen molar-refractivity contribution in [1.82, 2.24) is 10.9 Å². The first kappa shape index (κ1) is 16.6. The fourth-order valence-corrected chi connectivity index (χ4v) is 1.95. The summed E-state index contributed by atoms with van der Waals surface area (Å²) in [6.45, 7) is 0. The number of ether oxygens (including phenoxy) is 1. The first-order valence-corrected chi connectivity index (χ1v) is 7.15.